The third kappa shape index (κ3) is 3.69. The number of rotatable bonds is 6. The molecule has 0 fully saturated rings. The lowest BCUT2D eigenvalue weighted by Gasteiger charge is -2.23. The zero-order valence-corrected chi connectivity index (χ0v) is 8.61. The van der Waals surface area contributed by atoms with Crippen LogP contribution in [0.2, 0.25) is 0 Å². The van der Waals surface area contributed by atoms with Crippen molar-refractivity contribution < 1.29 is 9.76 Å². The molecule has 0 aliphatic rings. The second-order valence-electron chi connectivity index (χ2n) is 3.35. The summed E-state index contributed by atoms with van der Waals surface area (Å²) in [5.74, 6) is 0.176. The summed E-state index contributed by atoms with van der Waals surface area (Å²) in [5.41, 5.74) is 2.67. The van der Waals surface area contributed by atoms with E-state index in [-0.39, 0.29) is 16.9 Å². The summed E-state index contributed by atoms with van der Waals surface area (Å²) in [6.45, 7) is 5.67. The second-order valence-corrected chi connectivity index (χ2v) is 3.35. The van der Waals surface area contributed by atoms with E-state index in [2.05, 4.69) is 5.48 Å². The minimum Gasteiger partial charge on any atom is -0.305 e. The summed E-state index contributed by atoms with van der Waals surface area (Å²) in [7, 11) is 1.47. The van der Waals surface area contributed by atoms with Crippen molar-refractivity contribution in [1.29, 1.82) is 0 Å². The molecule has 0 aliphatic carbocycles. The van der Waals surface area contributed by atoms with Gasteiger partial charge in [-0.15, -0.1) is 0 Å². The molecule has 0 bridgehead atoms. The van der Waals surface area contributed by atoms with Crippen molar-refractivity contribution in [3.63, 3.8) is 0 Å². The predicted molar refractivity (Wildman–Crippen MR) is 49.8 cm³/mol. The topological polar surface area (TPSA) is 64.4 Å². The van der Waals surface area contributed by atoms with Crippen molar-refractivity contribution in [2.24, 2.45) is 5.92 Å². The highest BCUT2D eigenvalue weighted by Crippen LogP contribution is 2.12. The fourth-order valence-electron chi connectivity index (χ4n) is 1.33. The Labute approximate surface area is 78.6 Å². The molecule has 0 rings (SSSR count). The van der Waals surface area contributed by atoms with Gasteiger partial charge in [0.25, 0.3) is 0 Å². The van der Waals surface area contributed by atoms with Crippen LogP contribution >= 0.6 is 0 Å². The van der Waals surface area contributed by atoms with E-state index in [0.29, 0.717) is 6.42 Å². The Morgan fingerprint density at radius 3 is 2.31 bits per heavy atom. The number of nitrogens with one attached hydrogen (secondary N) is 1. The lowest BCUT2D eigenvalue weighted by molar-refractivity contribution is -0.530. The molecule has 0 aliphatic heterocycles. The molecule has 0 radical (unpaired) electrons. The van der Waals surface area contributed by atoms with Crippen molar-refractivity contribution in [1.82, 2.24) is 5.48 Å². The zero-order chi connectivity index (χ0) is 10.4. The highest BCUT2D eigenvalue weighted by atomic mass is 16.6. The van der Waals surface area contributed by atoms with Crippen LogP contribution in [0.3, 0.4) is 0 Å². The maximum absolute atomic E-state index is 10.7. The van der Waals surface area contributed by atoms with Gasteiger partial charge in [-0.25, -0.2) is 0 Å². The van der Waals surface area contributed by atoms with Crippen molar-refractivity contribution in [3.8, 4) is 0 Å². The zero-order valence-electron chi connectivity index (χ0n) is 8.61. The molecule has 0 saturated carbocycles. The Morgan fingerprint density at radius 1 is 1.54 bits per heavy atom. The molecule has 0 spiro atoms. The molecule has 0 aromatic carbocycles. The summed E-state index contributed by atoms with van der Waals surface area (Å²) >= 11 is 0. The van der Waals surface area contributed by atoms with Crippen LogP contribution in [0.25, 0.3) is 0 Å². The first-order valence-electron chi connectivity index (χ1n) is 4.46. The third-order valence-corrected chi connectivity index (χ3v) is 2.08. The van der Waals surface area contributed by atoms with Gasteiger partial charge in [0.2, 0.25) is 6.04 Å². The van der Waals surface area contributed by atoms with Crippen molar-refractivity contribution in [2.45, 2.75) is 39.3 Å². The maximum atomic E-state index is 10.7. The first-order valence-corrected chi connectivity index (χ1v) is 4.46. The molecule has 1 N–H and O–H groups in total. The van der Waals surface area contributed by atoms with Crippen LogP contribution in [0.1, 0.15) is 27.2 Å². The van der Waals surface area contributed by atoms with Gasteiger partial charge in [0.05, 0.1) is 7.11 Å². The van der Waals surface area contributed by atoms with E-state index in [4.69, 9.17) is 4.84 Å². The van der Waals surface area contributed by atoms with Gasteiger partial charge in [-0.2, -0.15) is 5.48 Å². The number of hydroxylamine groups is 1. The number of nitro groups is 1. The first-order chi connectivity index (χ1) is 6.04. The number of hydrogen-bond donors (Lipinski definition) is 1. The second kappa shape index (κ2) is 5.88. The van der Waals surface area contributed by atoms with E-state index in [9.17, 15) is 10.1 Å². The lowest BCUT2D eigenvalue weighted by atomic mass is 9.96. The van der Waals surface area contributed by atoms with Crippen molar-refractivity contribution >= 4 is 0 Å². The van der Waals surface area contributed by atoms with Crippen LogP contribution in [0, 0.1) is 16.0 Å². The SMILES string of the molecule is CCC(C(NOC)C(C)C)[N+](=O)[O-]. The molecule has 0 aromatic heterocycles. The molecule has 2 unspecified atom stereocenters. The van der Waals surface area contributed by atoms with Crippen LogP contribution in [0.15, 0.2) is 0 Å². The van der Waals surface area contributed by atoms with Gasteiger partial charge in [0.1, 0.15) is 6.04 Å². The Hall–Kier alpha value is -0.680. The molecule has 78 valence electrons. The van der Waals surface area contributed by atoms with Gasteiger partial charge in [-0.1, -0.05) is 20.8 Å². The molecular formula is C8H18N2O3. The van der Waals surface area contributed by atoms with E-state index in [1.165, 1.54) is 7.11 Å². The molecule has 0 aromatic rings. The molecule has 5 heteroatoms. The highest BCUT2D eigenvalue weighted by Gasteiger charge is 2.31. The number of hydrogen-bond acceptors (Lipinski definition) is 4. The van der Waals surface area contributed by atoms with Gasteiger partial charge in [-0.05, 0) is 5.92 Å². The average molecular weight is 190 g/mol. The van der Waals surface area contributed by atoms with Gasteiger partial charge in [0, 0.05) is 11.3 Å². The normalized spacial score (nSPS) is 15.8. The maximum Gasteiger partial charge on any atom is 0.230 e. The third-order valence-electron chi connectivity index (χ3n) is 2.08. The largest absolute Gasteiger partial charge is 0.305 e. The Kier molecular flexibility index (Phi) is 5.57. The standard InChI is InChI=1S/C8H18N2O3/c1-5-7(10(11)12)8(6(2)3)9-13-4/h6-9H,5H2,1-4H3. The van der Waals surface area contributed by atoms with Crippen molar-refractivity contribution in [3.05, 3.63) is 10.1 Å². The van der Waals surface area contributed by atoms with Crippen LogP contribution in [0.5, 0.6) is 0 Å². The summed E-state index contributed by atoms with van der Waals surface area (Å²) in [6, 6.07) is -0.815. The molecule has 0 amide bonds. The van der Waals surface area contributed by atoms with Crippen LogP contribution in [0.4, 0.5) is 0 Å². The van der Waals surface area contributed by atoms with E-state index >= 15 is 0 Å². The van der Waals surface area contributed by atoms with E-state index < -0.39 is 6.04 Å². The van der Waals surface area contributed by atoms with Gasteiger partial charge in [0.15, 0.2) is 0 Å². The average Bonchev–Trinajstić information content (AvgIpc) is 2.03. The van der Waals surface area contributed by atoms with E-state index in [0.717, 1.165) is 0 Å². The van der Waals surface area contributed by atoms with Crippen LogP contribution in [-0.4, -0.2) is 24.1 Å². The highest BCUT2D eigenvalue weighted by molar-refractivity contribution is 4.75. The summed E-state index contributed by atoms with van der Waals surface area (Å²) < 4.78 is 0. The fraction of sp³-hybridized carbons (Fsp3) is 1.00. The van der Waals surface area contributed by atoms with Gasteiger partial charge >= 0.3 is 0 Å². The van der Waals surface area contributed by atoms with Gasteiger partial charge in [-0.3, -0.25) is 10.1 Å². The lowest BCUT2D eigenvalue weighted by Crippen LogP contribution is -2.46. The summed E-state index contributed by atoms with van der Waals surface area (Å²) in [5, 5.41) is 10.7. The minimum atomic E-state index is -0.583. The fourth-order valence-corrected chi connectivity index (χ4v) is 1.33. The first kappa shape index (κ1) is 12.3. The minimum absolute atomic E-state index is 0.176. The van der Waals surface area contributed by atoms with Crippen molar-refractivity contribution in [2.75, 3.05) is 7.11 Å². The summed E-state index contributed by atoms with van der Waals surface area (Å²) in [6.07, 6.45) is 0.506. The Balaban J connectivity index is 4.38. The Bertz CT molecular complexity index is 161. The molecule has 2 atom stereocenters. The Morgan fingerprint density at radius 2 is 2.08 bits per heavy atom. The smallest absolute Gasteiger partial charge is 0.230 e. The summed E-state index contributed by atoms with van der Waals surface area (Å²) in [4.78, 5) is 15.2. The van der Waals surface area contributed by atoms with E-state index in [1.807, 2.05) is 13.8 Å². The molecule has 0 saturated heterocycles. The molecule has 5 nitrogen and oxygen atoms in total. The molecular weight excluding hydrogens is 172 g/mol. The van der Waals surface area contributed by atoms with Crippen LogP contribution < -0.4 is 5.48 Å². The molecule has 13 heavy (non-hydrogen) atoms. The van der Waals surface area contributed by atoms with E-state index in [1.54, 1.807) is 6.92 Å². The number of nitrogens with zero attached hydrogens (tertiary/aromatic N) is 1. The monoisotopic (exact) mass is 190 g/mol. The quantitative estimate of drug-likeness (QED) is 0.505. The van der Waals surface area contributed by atoms with Crippen LogP contribution in [-0.2, 0) is 4.84 Å². The predicted octanol–water partition coefficient (Wildman–Crippen LogP) is 1.22. The molecule has 0 heterocycles. The van der Waals surface area contributed by atoms with Gasteiger partial charge < -0.3 is 4.84 Å².